The summed E-state index contributed by atoms with van der Waals surface area (Å²) in [5, 5.41) is 2.98. The van der Waals surface area contributed by atoms with Crippen molar-refractivity contribution < 1.29 is 9.59 Å². The van der Waals surface area contributed by atoms with Gasteiger partial charge in [0.05, 0.1) is 6.04 Å². The number of rotatable bonds is 8. The Bertz CT molecular complexity index is 622. The second-order valence-electron chi connectivity index (χ2n) is 7.67. The maximum absolute atomic E-state index is 12.7. The van der Waals surface area contributed by atoms with Crippen molar-refractivity contribution in [2.75, 3.05) is 32.0 Å². The van der Waals surface area contributed by atoms with E-state index in [0.29, 0.717) is 30.3 Å². The number of likely N-dealkylation sites (N-methyl/N-ethyl adjacent to an activating group) is 1. The maximum atomic E-state index is 12.7. The monoisotopic (exact) mass is 373 g/mol. The molecule has 0 bridgehead atoms. The third-order valence-corrected chi connectivity index (χ3v) is 5.74. The van der Waals surface area contributed by atoms with E-state index >= 15 is 0 Å². The molecule has 0 aromatic heterocycles. The van der Waals surface area contributed by atoms with Gasteiger partial charge in [-0.05, 0) is 64.8 Å². The molecule has 1 unspecified atom stereocenters. The molecule has 1 N–H and O–H groups in total. The average Bonchev–Trinajstić information content (AvgIpc) is 2.69. The van der Waals surface area contributed by atoms with Crippen molar-refractivity contribution in [2.24, 2.45) is 5.92 Å². The van der Waals surface area contributed by atoms with Gasteiger partial charge in [-0.25, -0.2) is 0 Å². The summed E-state index contributed by atoms with van der Waals surface area (Å²) in [6.45, 7) is 8.20. The van der Waals surface area contributed by atoms with E-state index < -0.39 is 0 Å². The lowest BCUT2D eigenvalue weighted by Crippen LogP contribution is -2.42. The highest BCUT2D eigenvalue weighted by Gasteiger charge is 2.23. The molecule has 2 rings (SSSR count). The van der Waals surface area contributed by atoms with Gasteiger partial charge < -0.3 is 10.2 Å². The van der Waals surface area contributed by atoms with Crippen LogP contribution in [-0.4, -0.2) is 54.3 Å². The molecule has 1 fully saturated rings. The summed E-state index contributed by atoms with van der Waals surface area (Å²) in [6, 6.07) is 7.03. The zero-order valence-corrected chi connectivity index (χ0v) is 17.3. The number of hydrogen-bond donors (Lipinski definition) is 1. The van der Waals surface area contributed by atoms with Crippen LogP contribution in [0.2, 0.25) is 0 Å². The molecule has 1 aliphatic carbocycles. The summed E-state index contributed by atoms with van der Waals surface area (Å²) in [5.74, 6) is 0.674. The average molecular weight is 374 g/mol. The van der Waals surface area contributed by atoms with Crippen molar-refractivity contribution >= 4 is 17.5 Å². The van der Waals surface area contributed by atoms with E-state index in [4.69, 9.17) is 0 Å². The largest absolute Gasteiger partial charge is 0.339 e. The molecular formula is C22H35N3O2. The number of anilines is 1. The Morgan fingerprint density at radius 2 is 1.81 bits per heavy atom. The van der Waals surface area contributed by atoms with Gasteiger partial charge in [-0.1, -0.05) is 25.3 Å². The maximum Gasteiger partial charge on any atom is 0.253 e. The third-order valence-electron chi connectivity index (χ3n) is 5.74. The van der Waals surface area contributed by atoms with Gasteiger partial charge in [-0.2, -0.15) is 0 Å². The second-order valence-corrected chi connectivity index (χ2v) is 7.67. The van der Waals surface area contributed by atoms with E-state index in [1.807, 2.05) is 40.0 Å². The van der Waals surface area contributed by atoms with E-state index in [1.54, 1.807) is 17.0 Å². The van der Waals surface area contributed by atoms with Crippen LogP contribution in [0.15, 0.2) is 24.3 Å². The molecule has 0 heterocycles. The van der Waals surface area contributed by atoms with E-state index in [2.05, 4.69) is 10.2 Å². The Hall–Kier alpha value is -1.88. The van der Waals surface area contributed by atoms with Crippen LogP contribution in [0.1, 0.15) is 63.2 Å². The summed E-state index contributed by atoms with van der Waals surface area (Å²) in [7, 11) is 2.03. The fourth-order valence-corrected chi connectivity index (χ4v) is 3.81. The minimum absolute atomic E-state index is 0.00133. The Balaban J connectivity index is 1.95. The molecule has 2 amide bonds. The first-order valence-electron chi connectivity index (χ1n) is 10.4. The molecule has 1 aliphatic rings. The van der Waals surface area contributed by atoms with E-state index in [1.165, 1.54) is 32.1 Å². The van der Waals surface area contributed by atoms with Crippen molar-refractivity contribution in [3.63, 3.8) is 0 Å². The lowest BCUT2D eigenvalue weighted by molar-refractivity contribution is -0.120. The first kappa shape index (κ1) is 21.4. The van der Waals surface area contributed by atoms with Crippen LogP contribution in [0.4, 0.5) is 5.69 Å². The van der Waals surface area contributed by atoms with E-state index in [0.717, 1.165) is 6.54 Å². The van der Waals surface area contributed by atoms with Gasteiger partial charge in [0.1, 0.15) is 0 Å². The van der Waals surface area contributed by atoms with Gasteiger partial charge in [0.2, 0.25) is 5.91 Å². The van der Waals surface area contributed by atoms with E-state index in [-0.39, 0.29) is 17.9 Å². The molecular weight excluding hydrogens is 338 g/mol. The Kier molecular flexibility index (Phi) is 8.29. The number of carbonyl (C=O) groups is 2. The lowest BCUT2D eigenvalue weighted by atomic mass is 9.89. The normalized spacial score (nSPS) is 16.2. The number of carbonyl (C=O) groups excluding carboxylic acids is 2. The van der Waals surface area contributed by atoms with Crippen LogP contribution in [0, 0.1) is 5.92 Å². The predicted octanol–water partition coefficient (Wildman–Crippen LogP) is 4.01. The minimum Gasteiger partial charge on any atom is -0.339 e. The van der Waals surface area contributed by atoms with Gasteiger partial charge in [-0.3, -0.25) is 14.5 Å². The van der Waals surface area contributed by atoms with Crippen LogP contribution in [-0.2, 0) is 4.79 Å². The molecule has 5 nitrogen and oxygen atoms in total. The molecule has 1 saturated carbocycles. The molecule has 0 radical (unpaired) electrons. The topological polar surface area (TPSA) is 52.7 Å². The fourth-order valence-electron chi connectivity index (χ4n) is 3.81. The highest BCUT2D eigenvalue weighted by molar-refractivity contribution is 5.98. The molecule has 150 valence electrons. The number of benzene rings is 1. The summed E-state index contributed by atoms with van der Waals surface area (Å²) >= 11 is 0. The van der Waals surface area contributed by atoms with Gasteiger partial charge in [0.25, 0.3) is 5.91 Å². The van der Waals surface area contributed by atoms with Crippen LogP contribution < -0.4 is 5.32 Å². The number of nitrogens with zero attached hydrogens (tertiary/aromatic N) is 2. The Labute approximate surface area is 164 Å². The van der Waals surface area contributed by atoms with Crippen LogP contribution in [0.3, 0.4) is 0 Å². The number of hydrogen-bond acceptors (Lipinski definition) is 3. The van der Waals surface area contributed by atoms with Crippen LogP contribution in [0.25, 0.3) is 0 Å². The highest BCUT2D eigenvalue weighted by atomic mass is 16.2. The lowest BCUT2D eigenvalue weighted by Gasteiger charge is -2.30. The molecule has 1 atom stereocenters. The smallest absolute Gasteiger partial charge is 0.253 e. The minimum atomic E-state index is -0.200. The zero-order chi connectivity index (χ0) is 19.8. The van der Waals surface area contributed by atoms with Crippen molar-refractivity contribution in [3.8, 4) is 0 Å². The standard InChI is InChI=1S/C22H35N3O2/c1-5-25(6-2)22(27)19-13-10-14-20(15-19)23-21(26)17(3)24(4)16-18-11-8-7-9-12-18/h10,13-15,17-18H,5-9,11-12,16H2,1-4H3,(H,23,26). The summed E-state index contributed by atoms with van der Waals surface area (Å²) in [5.41, 5.74) is 1.29. The van der Waals surface area contributed by atoms with Crippen LogP contribution >= 0.6 is 0 Å². The van der Waals surface area contributed by atoms with Gasteiger partial charge in [-0.15, -0.1) is 0 Å². The van der Waals surface area contributed by atoms with Crippen molar-refractivity contribution in [1.82, 2.24) is 9.80 Å². The molecule has 1 aromatic rings. The van der Waals surface area contributed by atoms with E-state index in [9.17, 15) is 9.59 Å². The Morgan fingerprint density at radius 3 is 2.44 bits per heavy atom. The highest BCUT2D eigenvalue weighted by Crippen LogP contribution is 2.24. The second kappa shape index (κ2) is 10.5. The third kappa shape index (κ3) is 6.06. The summed E-state index contributed by atoms with van der Waals surface area (Å²) in [4.78, 5) is 29.1. The quantitative estimate of drug-likeness (QED) is 0.749. The first-order valence-corrected chi connectivity index (χ1v) is 10.4. The zero-order valence-electron chi connectivity index (χ0n) is 17.3. The predicted molar refractivity (Wildman–Crippen MR) is 111 cm³/mol. The molecule has 5 heteroatoms. The van der Waals surface area contributed by atoms with Crippen molar-refractivity contribution in [3.05, 3.63) is 29.8 Å². The van der Waals surface area contributed by atoms with Crippen LogP contribution in [0.5, 0.6) is 0 Å². The molecule has 27 heavy (non-hydrogen) atoms. The molecule has 0 aliphatic heterocycles. The van der Waals surface area contributed by atoms with Gasteiger partial charge in [0, 0.05) is 30.9 Å². The summed E-state index contributed by atoms with van der Waals surface area (Å²) < 4.78 is 0. The van der Waals surface area contributed by atoms with Gasteiger partial charge in [0.15, 0.2) is 0 Å². The molecule has 0 saturated heterocycles. The number of amides is 2. The van der Waals surface area contributed by atoms with Gasteiger partial charge >= 0.3 is 0 Å². The fraction of sp³-hybridized carbons (Fsp3) is 0.636. The Morgan fingerprint density at radius 1 is 1.15 bits per heavy atom. The SMILES string of the molecule is CCN(CC)C(=O)c1cccc(NC(=O)C(C)N(C)CC2CCCCC2)c1. The number of nitrogens with one attached hydrogen (secondary N) is 1. The first-order chi connectivity index (χ1) is 13.0. The molecule has 1 aromatic carbocycles. The summed E-state index contributed by atoms with van der Waals surface area (Å²) in [6.07, 6.45) is 6.51. The molecule has 0 spiro atoms. The van der Waals surface area contributed by atoms with Crippen molar-refractivity contribution in [2.45, 2.75) is 58.9 Å². The van der Waals surface area contributed by atoms with Crippen molar-refractivity contribution in [1.29, 1.82) is 0 Å².